The van der Waals surface area contributed by atoms with Gasteiger partial charge in [-0.3, -0.25) is 0 Å². The number of unbranched alkanes of at least 4 members (excludes halogenated alkanes) is 3. The highest BCUT2D eigenvalue weighted by atomic mass is 33.4. The first-order valence-electron chi connectivity index (χ1n) is 6.54. The van der Waals surface area contributed by atoms with Gasteiger partial charge in [0.1, 0.15) is 0 Å². The Hall–Kier alpha value is 1.48. The molecule has 0 nitrogen and oxygen atoms in total. The normalized spacial score (nSPS) is 11.2. The summed E-state index contributed by atoms with van der Waals surface area (Å²) in [5.41, 5.74) is 0.155. The molecule has 0 atom stereocenters. The number of hydrogen-bond donors (Lipinski definition) is 0. The fraction of sp³-hybridized carbons (Fsp3) is 1.00. The van der Waals surface area contributed by atoms with Crippen LogP contribution in [-0.4, -0.2) is 17.3 Å². The van der Waals surface area contributed by atoms with E-state index in [0.29, 0.717) is 0 Å². The second kappa shape index (κ2) is 14.5. The molecule has 0 spiro atoms. The van der Waals surface area contributed by atoms with E-state index in [1.165, 1.54) is 55.8 Å². The highest BCUT2D eigenvalue weighted by Crippen LogP contribution is 2.70. The van der Waals surface area contributed by atoms with Gasteiger partial charge in [-0.25, -0.2) is 0 Å². The first kappa shape index (κ1) is 17.5. The highest BCUT2D eigenvalue weighted by Gasteiger charge is 2.09. The molecule has 0 fully saturated rings. The number of rotatable bonds is 12. The van der Waals surface area contributed by atoms with Gasteiger partial charge in [0, 0.05) is 0 Å². The van der Waals surface area contributed by atoms with Crippen LogP contribution in [0.3, 0.4) is 0 Å². The summed E-state index contributed by atoms with van der Waals surface area (Å²) in [4.78, 5) is 0. The Labute approximate surface area is 116 Å². The van der Waals surface area contributed by atoms with Gasteiger partial charge in [-0.1, -0.05) is 40.0 Å². The first-order valence-corrected chi connectivity index (χ1v) is 12.6. The maximum absolute atomic E-state index is 2.29. The molecule has 0 aliphatic heterocycles. The molecule has 0 aromatic rings. The van der Waals surface area contributed by atoms with Gasteiger partial charge in [-0.2, -0.15) is 0 Å². The maximum atomic E-state index is 2.29. The molecule has 0 unspecified atom stereocenters. The topological polar surface area (TPSA) is 0 Å². The predicted molar refractivity (Wildman–Crippen MR) is 89.0 cm³/mol. The van der Waals surface area contributed by atoms with Gasteiger partial charge < -0.3 is 0 Å². The van der Waals surface area contributed by atoms with Crippen molar-refractivity contribution in [3.05, 3.63) is 0 Å². The average molecular weight is 299 g/mol. The van der Waals surface area contributed by atoms with Crippen LogP contribution in [0, 0.1) is 0 Å². The van der Waals surface area contributed by atoms with Gasteiger partial charge in [0.25, 0.3) is 0 Å². The lowest BCUT2D eigenvalue weighted by Gasteiger charge is -2.14. The lowest BCUT2D eigenvalue weighted by atomic mass is 10.4. The molecular weight excluding hydrogens is 271 g/mol. The fourth-order valence-corrected chi connectivity index (χ4v) is 12.1. The lowest BCUT2D eigenvalue weighted by Crippen LogP contribution is -1.79. The molecular formula is C12H27PS3. The number of hydrogen-bond acceptors (Lipinski definition) is 3. The molecule has 0 N–H and O–H groups in total. The summed E-state index contributed by atoms with van der Waals surface area (Å²) >= 11 is 6.71. The van der Waals surface area contributed by atoms with Gasteiger partial charge in [0.2, 0.25) is 0 Å². The Morgan fingerprint density at radius 1 is 0.625 bits per heavy atom. The van der Waals surface area contributed by atoms with E-state index in [4.69, 9.17) is 0 Å². The summed E-state index contributed by atoms with van der Waals surface area (Å²) in [6.45, 7) is 6.87. The van der Waals surface area contributed by atoms with E-state index in [1.54, 1.807) is 0 Å². The van der Waals surface area contributed by atoms with Crippen LogP contribution in [0.2, 0.25) is 0 Å². The van der Waals surface area contributed by atoms with Gasteiger partial charge in [0.15, 0.2) is 0 Å². The van der Waals surface area contributed by atoms with Crippen LogP contribution in [-0.2, 0) is 0 Å². The van der Waals surface area contributed by atoms with Gasteiger partial charge in [-0.05, 0) is 36.5 Å². The highest BCUT2D eigenvalue weighted by molar-refractivity contribution is 9.12. The Morgan fingerprint density at radius 3 is 1.19 bits per heavy atom. The van der Waals surface area contributed by atoms with Gasteiger partial charge >= 0.3 is 0 Å². The summed E-state index contributed by atoms with van der Waals surface area (Å²) in [5, 5.41) is 0. The van der Waals surface area contributed by atoms with Crippen LogP contribution in [0.15, 0.2) is 0 Å². The van der Waals surface area contributed by atoms with Crippen molar-refractivity contribution in [3.63, 3.8) is 0 Å². The molecule has 0 aromatic carbocycles. The van der Waals surface area contributed by atoms with Crippen molar-refractivity contribution in [3.8, 4) is 0 Å². The van der Waals surface area contributed by atoms with E-state index in [2.05, 4.69) is 54.9 Å². The Morgan fingerprint density at radius 2 is 0.938 bits per heavy atom. The Bertz CT molecular complexity index is 110. The summed E-state index contributed by atoms with van der Waals surface area (Å²) in [6.07, 6.45) is 8.21. The molecule has 98 valence electrons. The zero-order valence-corrected chi connectivity index (χ0v) is 14.4. The molecule has 0 bridgehead atoms. The van der Waals surface area contributed by atoms with Crippen molar-refractivity contribution >= 4 is 39.7 Å². The quantitative estimate of drug-likeness (QED) is 0.287. The van der Waals surface area contributed by atoms with Crippen LogP contribution in [0.5, 0.6) is 0 Å². The standard InChI is InChI=1S/C12H27PS3/c1-4-7-10-14-13(15-11-8-5-2)16-12-9-6-3/h4-12H2,1-3H3. The average Bonchev–Trinajstić information content (AvgIpc) is 2.29. The third-order valence-corrected chi connectivity index (χ3v) is 13.4. The van der Waals surface area contributed by atoms with E-state index in [9.17, 15) is 0 Å². The summed E-state index contributed by atoms with van der Waals surface area (Å²) in [7, 11) is 0. The van der Waals surface area contributed by atoms with Crippen LogP contribution in [0.1, 0.15) is 59.3 Å². The van der Waals surface area contributed by atoms with E-state index in [-0.39, 0.29) is 5.53 Å². The zero-order chi connectivity index (χ0) is 12.1. The fourth-order valence-electron chi connectivity index (χ4n) is 0.962. The molecule has 0 radical (unpaired) electrons. The van der Waals surface area contributed by atoms with Crippen LogP contribution in [0.4, 0.5) is 0 Å². The minimum absolute atomic E-state index is 0.155. The minimum atomic E-state index is 0.155. The van der Waals surface area contributed by atoms with Crippen molar-refractivity contribution < 1.29 is 0 Å². The van der Waals surface area contributed by atoms with Crippen molar-refractivity contribution in [2.45, 2.75) is 59.3 Å². The molecule has 0 saturated carbocycles. The lowest BCUT2D eigenvalue weighted by molar-refractivity contribution is 0.897. The minimum Gasteiger partial charge on any atom is -0.112 e. The zero-order valence-electron chi connectivity index (χ0n) is 11.0. The maximum Gasteiger partial charge on any atom is 0.0729 e. The van der Waals surface area contributed by atoms with E-state index >= 15 is 0 Å². The SMILES string of the molecule is CCCCSP(SCCCC)SCCCC. The molecule has 0 heterocycles. The van der Waals surface area contributed by atoms with Crippen molar-refractivity contribution in [1.29, 1.82) is 0 Å². The molecule has 0 aliphatic carbocycles. The third-order valence-electron chi connectivity index (χ3n) is 2.08. The Balaban J connectivity index is 3.58. The van der Waals surface area contributed by atoms with Gasteiger partial charge in [-0.15, -0.1) is 34.1 Å². The van der Waals surface area contributed by atoms with Crippen molar-refractivity contribution in [1.82, 2.24) is 0 Å². The largest absolute Gasteiger partial charge is 0.112 e. The molecule has 0 aliphatic rings. The second-order valence-electron chi connectivity index (χ2n) is 3.78. The molecule has 0 saturated heterocycles. The second-order valence-corrected chi connectivity index (χ2v) is 13.9. The smallest absolute Gasteiger partial charge is 0.0729 e. The summed E-state index contributed by atoms with van der Waals surface area (Å²) < 4.78 is 0. The van der Waals surface area contributed by atoms with E-state index in [1.807, 2.05) is 0 Å². The van der Waals surface area contributed by atoms with Crippen LogP contribution < -0.4 is 0 Å². The molecule has 0 rings (SSSR count). The first-order chi connectivity index (χ1) is 7.85. The van der Waals surface area contributed by atoms with Crippen molar-refractivity contribution in [2.75, 3.05) is 17.3 Å². The monoisotopic (exact) mass is 298 g/mol. The summed E-state index contributed by atoms with van der Waals surface area (Å²) in [6, 6.07) is 0. The van der Waals surface area contributed by atoms with Crippen LogP contribution in [0.25, 0.3) is 0 Å². The molecule has 0 aromatic heterocycles. The summed E-state index contributed by atoms with van der Waals surface area (Å²) in [5.74, 6) is 4.13. The molecule has 4 heteroatoms. The van der Waals surface area contributed by atoms with E-state index < -0.39 is 0 Å². The third kappa shape index (κ3) is 12.0. The van der Waals surface area contributed by atoms with Crippen LogP contribution >= 0.6 is 39.7 Å². The van der Waals surface area contributed by atoms with Crippen molar-refractivity contribution in [2.24, 2.45) is 0 Å². The Kier molecular flexibility index (Phi) is 15.9. The molecule has 0 amide bonds. The molecule has 16 heavy (non-hydrogen) atoms. The predicted octanol–water partition coefficient (Wildman–Crippen LogP) is 6.81. The van der Waals surface area contributed by atoms with Gasteiger partial charge in [0.05, 0.1) is 5.53 Å². The van der Waals surface area contributed by atoms with E-state index in [0.717, 1.165) is 0 Å².